The molecule has 0 saturated carbocycles. The van der Waals surface area contributed by atoms with E-state index in [-0.39, 0.29) is 11.6 Å². The van der Waals surface area contributed by atoms with Gasteiger partial charge in [0, 0.05) is 29.3 Å². The first-order chi connectivity index (χ1) is 9.72. The number of hydrogen-bond donors (Lipinski definition) is 0. The van der Waals surface area contributed by atoms with Gasteiger partial charge >= 0.3 is 0 Å². The van der Waals surface area contributed by atoms with E-state index < -0.39 is 0 Å². The van der Waals surface area contributed by atoms with Crippen molar-refractivity contribution in [3.8, 4) is 11.5 Å². The third-order valence-electron chi connectivity index (χ3n) is 3.41. The van der Waals surface area contributed by atoms with E-state index >= 15 is 0 Å². The van der Waals surface area contributed by atoms with Crippen LogP contribution < -0.4 is 9.64 Å². The minimum Gasteiger partial charge on any atom is -0.454 e. The molecule has 0 N–H and O–H groups in total. The van der Waals surface area contributed by atoms with Crippen molar-refractivity contribution >= 4 is 21.6 Å². The van der Waals surface area contributed by atoms with Gasteiger partial charge in [-0.15, -0.1) is 0 Å². The molecule has 0 aliphatic carbocycles. The first kappa shape index (κ1) is 13.4. The van der Waals surface area contributed by atoms with Crippen LogP contribution in [-0.2, 0) is 0 Å². The lowest BCUT2D eigenvalue weighted by molar-refractivity contribution is 0.442. The van der Waals surface area contributed by atoms with E-state index in [9.17, 15) is 4.39 Å². The van der Waals surface area contributed by atoms with Gasteiger partial charge in [0.2, 0.25) is 0 Å². The summed E-state index contributed by atoms with van der Waals surface area (Å²) >= 11 is 3.37. The van der Waals surface area contributed by atoms with Crippen LogP contribution in [0.5, 0.6) is 11.5 Å². The van der Waals surface area contributed by atoms with Gasteiger partial charge < -0.3 is 9.64 Å². The highest BCUT2D eigenvalue weighted by Gasteiger charge is 2.14. The van der Waals surface area contributed by atoms with Crippen molar-refractivity contribution in [3.63, 3.8) is 0 Å². The number of halogens is 2. The molecule has 2 aromatic carbocycles. The number of ether oxygens (including phenoxy) is 1. The lowest BCUT2D eigenvalue weighted by atomic mass is 10.2. The quantitative estimate of drug-likeness (QED) is 0.784. The van der Waals surface area contributed by atoms with Gasteiger partial charge in [-0.25, -0.2) is 4.39 Å². The Morgan fingerprint density at radius 3 is 2.55 bits per heavy atom. The molecule has 0 unspecified atom stereocenters. The molecule has 1 aliphatic rings. The maximum Gasteiger partial charge on any atom is 0.167 e. The van der Waals surface area contributed by atoms with E-state index in [1.165, 1.54) is 12.8 Å². The molecule has 4 heteroatoms. The standard InChI is InChI=1S/C16H15BrFNO/c17-12-4-3-5-14(10-12)20-16-7-6-13(11-15(16)18)19-8-1-2-9-19/h3-7,10-11H,1-2,8-9H2. The minimum absolute atomic E-state index is 0.256. The van der Waals surface area contributed by atoms with Crippen LogP contribution in [0.3, 0.4) is 0 Å². The fourth-order valence-electron chi connectivity index (χ4n) is 2.40. The second kappa shape index (κ2) is 5.83. The van der Waals surface area contributed by atoms with Gasteiger partial charge in [0.25, 0.3) is 0 Å². The summed E-state index contributed by atoms with van der Waals surface area (Å²) in [4.78, 5) is 2.20. The van der Waals surface area contributed by atoms with Gasteiger partial charge in [0.1, 0.15) is 5.75 Å². The SMILES string of the molecule is Fc1cc(N2CCCC2)ccc1Oc1cccc(Br)c1. The Hall–Kier alpha value is -1.55. The number of hydrogen-bond acceptors (Lipinski definition) is 2. The average molecular weight is 336 g/mol. The van der Waals surface area contributed by atoms with Crippen LogP contribution in [-0.4, -0.2) is 13.1 Å². The van der Waals surface area contributed by atoms with Gasteiger partial charge in [-0.2, -0.15) is 0 Å². The van der Waals surface area contributed by atoms with Crippen LogP contribution in [0.2, 0.25) is 0 Å². The summed E-state index contributed by atoms with van der Waals surface area (Å²) in [6, 6.07) is 12.5. The van der Waals surface area contributed by atoms with Crippen molar-refractivity contribution < 1.29 is 9.13 Å². The largest absolute Gasteiger partial charge is 0.454 e. The van der Waals surface area contributed by atoms with Gasteiger partial charge in [0.05, 0.1) is 0 Å². The third-order valence-corrected chi connectivity index (χ3v) is 3.90. The van der Waals surface area contributed by atoms with E-state index in [1.54, 1.807) is 18.2 Å². The molecule has 1 aliphatic heterocycles. The van der Waals surface area contributed by atoms with Gasteiger partial charge in [0.15, 0.2) is 11.6 Å². The molecule has 0 radical (unpaired) electrons. The number of benzene rings is 2. The zero-order chi connectivity index (χ0) is 13.9. The van der Waals surface area contributed by atoms with Crippen LogP contribution >= 0.6 is 15.9 Å². The van der Waals surface area contributed by atoms with Crippen LogP contribution in [0.25, 0.3) is 0 Å². The molecule has 3 rings (SSSR count). The monoisotopic (exact) mass is 335 g/mol. The lowest BCUT2D eigenvalue weighted by Crippen LogP contribution is -2.17. The summed E-state index contributed by atoms with van der Waals surface area (Å²) in [5.74, 6) is 0.549. The molecule has 0 atom stereocenters. The van der Waals surface area contributed by atoms with Crippen molar-refractivity contribution in [1.82, 2.24) is 0 Å². The predicted molar refractivity (Wildman–Crippen MR) is 82.1 cm³/mol. The normalized spacial score (nSPS) is 14.6. The zero-order valence-electron chi connectivity index (χ0n) is 11.0. The Kier molecular flexibility index (Phi) is 3.92. The summed E-state index contributed by atoms with van der Waals surface area (Å²) in [5, 5.41) is 0. The second-order valence-electron chi connectivity index (χ2n) is 4.87. The van der Waals surface area contributed by atoms with Crippen molar-refractivity contribution in [2.75, 3.05) is 18.0 Å². The van der Waals surface area contributed by atoms with Crippen molar-refractivity contribution in [1.29, 1.82) is 0 Å². The molecular formula is C16H15BrFNO. The molecule has 1 fully saturated rings. The van der Waals surface area contributed by atoms with E-state index in [2.05, 4.69) is 20.8 Å². The molecule has 104 valence electrons. The third kappa shape index (κ3) is 2.96. The Labute approximate surface area is 126 Å². The Morgan fingerprint density at radius 2 is 1.85 bits per heavy atom. The fourth-order valence-corrected chi connectivity index (χ4v) is 2.78. The van der Waals surface area contributed by atoms with Gasteiger partial charge in [-0.3, -0.25) is 0 Å². The van der Waals surface area contributed by atoms with E-state index in [0.717, 1.165) is 23.2 Å². The number of nitrogens with zero attached hydrogens (tertiary/aromatic N) is 1. The molecule has 0 aromatic heterocycles. The fraction of sp³-hybridized carbons (Fsp3) is 0.250. The van der Waals surface area contributed by atoms with Crippen molar-refractivity contribution in [3.05, 3.63) is 52.8 Å². The highest BCUT2D eigenvalue weighted by molar-refractivity contribution is 9.10. The van der Waals surface area contributed by atoms with E-state index in [0.29, 0.717) is 5.75 Å². The molecule has 20 heavy (non-hydrogen) atoms. The van der Waals surface area contributed by atoms with E-state index in [4.69, 9.17) is 4.74 Å². The smallest absolute Gasteiger partial charge is 0.167 e. The van der Waals surface area contributed by atoms with E-state index in [1.807, 2.05) is 24.3 Å². The first-order valence-corrected chi connectivity index (χ1v) is 7.49. The number of anilines is 1. The number of rotatable bonds is 3. The van der Waals surface area contributed by atoms with Crippen LogP contribution in [0.4, 0.5) is 10.1 Å². The van der Waals surface area contributed by atoms with Crippen molar-refractivity contribution in [2.24, 2.45) is 0 Å². The molecule has 2 nitrogen and oxygen atoms in total. The summed E-state index contributed by atoms with van der Waals surface area (Å²) in [6.07, 6.45) is 2.36. The topological polar surface area (TPSA) is 12.5 Å². The Bertz CT molecular complexity index is 611. The minimum atomic E-state index is -0.325. The molecule has 1 heterocycles. The summed E-state index contributed by atoms with van der Waals surface area (Å²) < 4.78 is 20.6. The highest BCUT2D eigenvalue weighted by atomic mass is 79.9. The van der Waals surface area contributed by atoms with Gasteiger partial charge in [-0.05, 0) is 43.2 Å². The van der Waals surface area contributed by atoms with Gasteiger partial charge in [-0.1, -0.05) is 22.0 Å². The zero-order valence-corrected chi connectivity index (χ0v) is 12.6. The maximum absolute atomic E-state index is 14.1. The summed E-state index contributed by atoms with van der Waals surface area (Å²) in [5.41, 5.74) is 0.932. The maximum atomic E-state index is 14.1. The second-order valence-corrected chi connectivity index (χ2v) is 5.78. The van der Waals surface area contributed by atoms with Crippen LogP contribution in [0, 0.1) is 5.82 Å². The molecule has 0 spiro atoms. The highest BCUT2D eigenvalue weighted by Crippen LogP contribution is 2.30. The molecule has 2 aromatic rings. The predicted octanol–water partition coefficient (Wildman–Crippen LogP) is 4.98. The molecule has 0 amide bonds. The van der Waals surface area contributed by atoms with Crippen molar-refractivity contribution in [2.45, 2.75) is 12.8 Å². The lowest BCUT2D eigenvalue weighted by Gasteiger charge is -2.18. The summed E-state index contributed by atoms with van der Waals surface area (Å²) in [6.45, 7) is 2.01. The first-order valence-electron chi connectivity index (χ1n) is 6.70. The van der Waals surface area contributed by atoms with Crippen LogP contribution in [0.15, 0.2) is 46.9 Å². The Balaban J connectivity index is 1.80. The molecular weight excluding hydrogens is 321 g/mol. The summed E-state index contributed by atoms with van der Waals surface area (Å²) in [7, 11) is 0. The molecule has 1 saturated heterocycles. The van der Waals surface area contributed by atoms with Crippen LogP contribution in [0.1, 0.15) is 12.8 Å². The Morgan fingerprint density at radius 1 is 1.05 bits per heavy atom. The molecule has 0 bridgehead atoms. The average Bonchev–Trinajstić information content (AvgIpc) is 2.95.